The largest absolute Gasteiger partial charge is 0.481 e. The Bertz CT molecular complexity index is 833. The molecule has 0 aliphatic rings. The predicted molar refractivity (Wildman–Crippen MR) is 104 cm³/mol. The van der Waals surface area contributed by atoms with Crippen molar-refractivity contribution < 1.29 is 23.9 Å². The zero-order chi connectivity index (χ0) is 20.5. The first-order chi connectivity index (χ1) is 13.4. The Balaban J connectivity index is 1.77. The van der Waals surface area contributed by atoms with Crippen molar-refractivity contribution in [1.82, 2.24) is 5.32 Å². The summed E-state index contributed by atoms with van der Waals surface area (Å²) in [7, 11) is 0. The number of ether oxygens (including phenoxy) is 2. The van der Waals surface area contributed by atoms with E-state index in [0.717, 1.165) is 12.0 Å². The maximum atomic E-state index is 12.0. The van der Waals surface area contributed by atoms with Gasteiger partial charge in [-0.3, -0.25) is 9.59 Å². The van der Waals surface area contributed by atoms with E-state index in [1.54, 1.807) is 12.1 Å². The van der Waals surface area contributed by atoms with Crippen LogP contribution in [0, 0.1) is 0 Å². The lowest BCUT2D eigenvalue weighted by atomic mass is 10.1. The summed E-state index contributed by atoms with van der Waals surface area (Å²) in [4.78, 5) is 35.1. The van der Waals surface area contributed by atoms with Gasteiger partial charge in [0.25, 0.3) is 11.8 Å². The molecule has 0 spiro atoms. The van der Waals surface area contributed by atoms with E-state index >= 15 is 0 Å². The van der Waals surface area contributed by atoms with E-state index in [4.69, 9.17) is 15.2 Å². The highest BCUT2D eigenvalue weighted by Crippen LogP contribution is 2.17. The Morgan fingerprint density at radius 2 is 1.71 bits per heavy atom. The maximum Gasteiger partial charge on any atom is 0.344 e. The minimum Gasteiger partial charge on any atom is -0.481 e. The van der Waals surface area contributed by atoms with E-state index in [0.29, 0.717) is 0 Å². The summed E-state index contributed by atoms with van der Waals surface area (Å²) < 4.78 is 10.2. The average Bonchev–Trinajstić information content (AvgIpc) is 2.70. The fraction of sp³-hybridized carbons (Fsp3) is 0.286. The third kappa shape index (κ3) is 6.12. The summed E-state index contributed by atoms with van der Waals surface area (Å²) in [5.74, 6) is -1.63. The fourth-order valence-corrected chi connectivity index (χ4v) is 2.53. The van der Waals surface area contributed by atoms with Crippen molar-refractivity contribution in [3.8, 4) is 5.75 Å². The van der Waals surface area contributed by atoms with Crippen LogP contribution >= 0.6 is 0 Å². The molecule has 2 amide bonds. The van der Waals surface area contributed by atoms with Gasteiger partial charge in [0.1, 0.15) is 5.75 Å². The van der Waals surface area contributed by atoms with Crippen LogP contribution in [0.1, 0.15) is 41.4 Å². The highest BCUT2D eigenvalue weighted by atomic mass is 16.6. The first-order valence-corrected chi connectivity index (χ1v) is 8.96. The van der Waals surface area contributed by atoms with E-state index in [1.165, 1.54) is 17.7 Å². The maximum absolute atomic E-state index is 12.0. The van der Waals surface area contributed by atoms with E-state index < -0.39 is 31.0 Å². The number of esters is 1. The normalized spacial score (nSPS) is 11.4. The van der Waals surface area contributed by atoms with Crippen LogP contribution in [0.4, 0.5) is 0 Å². The Morgan fingerprint density at radius 1 is 1.04 bits per heavy atom. The summed E-state index contributed by atoms with van der Waals surface area (Å²) >= 11 is 0. The van der Waals surface area contributed by atoms with Crippen molar-refractivity contribution in [2.45, 2.75) is 26.3 Å². The van der Waals surface area contributed by atoms with Crippen molar-refractivity contribution in [2.24, 2.45) is 5.73 Å². The van der Waals surface area contributed by atoms with Gasteiger partial charge < -0.3 is 20.5 Å². The quantitative estimate of drug-likeness (QED) is 0.644. The molecule has 0 radical (unpaired) electrons. The van der Waals surface area contributed by atoms with Crippen LogP contribution in [0.5, 0.6) is 5.75 Å². The number of aryl methyl sites for hydroxylation is 1. The molecule has 0 aliphatic carbocycles. The van der Waals surface area contributed by atoms with Crippen LogP contribution in [0.15, 0.2) is 48.5 Å². The lowest BCUT2D eigenvalue weighted by molar-refractivity contribution is -0.150. The van der Waals surface area contributed by atoms with Crippen LogP contribution in [0.2, 0.25) is 0 Å². The van der Waals surface area contributed by atoms with Gasteiger partial charge in [-0.25, -0.2) is 4.79 Å². The minimum absolute atomic E-state index is 0.163. The number of rotatable bonds is 9. The molecule has 1 atom stereocenters. The number of benzene rings is 2. The van der Waals surface area contributed by atoms with Crippen molar-refractivity contribution in [1.29, 1.82) is 0 Å². The van der Waals surface area contributed by atoms with Gasteiger partial charge in [-0.1, -0.05) is 43.3 Å². The van der Waals surface area contributed by atoms with E-state index in [2.05, 4.69) is 12.2 Å². The molecule has 3 N–H and O–H groups in total. The molecule has 0 fully saturated rings. The minimum atomic E-state index is -0.727. The number of carbonyl (C=O) groups excluding carboxylic acids is 3. The van der Waals surface area contributed by atoms with E-state index in [1.807, 2.05) is 31.2 Å². The Hall–Kier alpha value is -3.35. The molecule has 2 rings (SSSR count). The van der Waals surface area contributed by atoms with E-state index in [-0.39, 0.29) is 17.4 Å². The highest BCUT2D eigenvalue weighted by Gasteiger charge is 2.14. The number of hydrogen-bond acceptors (Lipinski definition) is 5. The second kappa shape index (κ2) is 10.1. The summed E-state index contributed by atoms with van der Waals surface area (Å²) in [5, 5.41) is 2.77. The van der Waals surface area contributed by atoms with Crippen molar-refractivity contribution in [3.05, 3.63) is 65.2 Å². The molecule has 0 saturated heterocycles. The van der Waals surface area contributed by atoms with Crippen LogP contribution in [-0.2, 0) is 20.7 Å². The SMILES string of the molecule is CCc1ccc([C@H](C)NC(=O)COC(=O)COc2ccccc2C(N)=O)cc1. The van der Waals surface area contributed by atoms with Crippen molar-refractivity contribution >= 4 is 17.8 Å². The second-order valence-electron chi connectivity index (χ2n) is 6.19. The Kier molecular flexibility index (Phi) is 7.56. The molecule has 0 unspecified atom stereocenters. The van der Waals surface area contributed by atoms with Gasteiger partial charge in [-0.15, -0.1) is 0 Å². The number of nitrogens with one attached hydrogen (secondary N) is 1. The van der Waals surface area contributed by atoms with Crippen LogP contribution in [0.3, 0.4) is 0 Å². The van der Waals surface area contributed by atoms with Gasteiger partial charge in [0.2, 0.25) is 0 Å². The summed E-state index contributed by atoms with van der Waals surface area (Å²) in [6.07, 6.45) is 0.947. The van der Waals surface area contributed by atoms with Gasteiger partial charge in [-0.05, 0) is 36.6 Å². The standard InChI is InChI=1S/C21H24N2O5/c1-3-15-8-10-16(11-9-15)14(2)23-19(24)12-28-20(25)13-27-18-7-5-4-6-17(18)21(22)26/h4-11,14H,3,12-13H2,1-2H3,(H2,22,26)(H,23,24)/t14-/m0/s1. The number of para-hydroxylation sites is 1. The molecule has 7 heteroatoms. The molecule has 0 saturated carbocycles. The molecule has 0 aromatic heterocycles. The molecule has 0 aliphatic heterocycles. The van der Waals surface area contributed by atoms with Gasteiger partial charge in [0.05, 0.1) is 11.6 Å². The lowest BCUT2D eigenvalue weighted by Crippen LogP contribution is -2.32. The summed E-state index contributed by atoms with van der Waals surface area (Å²) in [6.45, 7) is 3.07. The van der Waals surface area contributed by atoms with Crippen LogP contribution < -0.4 is 15.8 Å². The molecule has 2 aromatic carbocycles. The molecule has 7 nitrogen and oxygen atoms in total. The summed E-state index contributed by atoms with van der Waals surface area (Å²) in [5.41, 5.74) is 7.58. The number of carbonyl (C=O) groups is 3. The predicted octanol–water partition coefficient (Wildman–Crippen LogP) is 2.15. The Labute approximate surface area is 163 Å². The fourth-order valence-electron chi connectivity index (χ4n) is 2.53. The third-order valence-corrected chi connectivity index (χ3v) is 4.13. The number of hydrogen-bond donors (Lipinski definition) is 2. The second-order valence-corrected chi connectivity index (χ2v) is 6.19. The first-order valence-electron chi connectivity index (χ1n) is 8.96. The first kappa shape index (κ1) is 21.0. The molecule has 28 heavy (non-hydrogen) atoms. The average molecular weight is 384 g/mol. The molecule has 0 bridgehead atoms. The third-order valence-electron chi connectivity index (χ3n) is 4.13. The van der Waals surface area contributed by atoms with Gasteiger partial charge in [0.15, 0.2) is 13.2 Å². The zero-order valence-electron chi connectivity index (χ0n) is 15.9. The molecule has 148 valence electrons. The summed E-state index contributed by atoms with van der Waals surface area (Å²) in [6, 6.07) is 14.0. The smallest absolute Gasteiger partial charge is 0.344 e. The van der Waals surface area contributed by atoms with Crippen LogP contribution in [0.25, 0.3) is 0 Å². The highest BCUT2D eigenvalue weighted by molar-refractivity contribution is 5.95. The van der Waals surface area contributed by atoms with E-state index in [9.17, 15) is 14.4 Å². The molecule has 2 aromatic rings. The number of primary amides is 1. The Morgan fingerprint density at radius 3 is 2.36 bits per heavy atom. The lowest BCUT2D eigenvalue weighted by Gasteiger charge is -2.15. The monoisotopic (exact) mass is 384 g/mol. The van der Waals surface area contributed by atoms with Gasteiger partial charge in [-0.2, -0.15) is 0 Å². The van der Waals surface area contributed by atoms with Crippen molar-refractivity contribution in [2.75, 3.05) is 13.2 Å². The van der Waals surface area contributed by atoms with Gasteiger partial charge in [0, 0.05) is 0 Å². The number of amides is 2. The molecule has 0 heterocycles. The van der Waals surface area contributed by atoms with Gasteiger partial charge >= 0.3 is 5.97 Å². The van der Waals surface area contributed by atoms with Crippen LogP contribution in [-0.4, -0.2) is 31.0 Å². The zero-order valence-corrected chi connectivity index (χ0v) is 15.9. The number of nitrogens with two attached hydrogens (primary N) is 1. The molecular formula is C21H24N2O5. The van der Waals surface area contributed by atoms with Crippen molar-refractivity contribution in [3.63, 3.8) is 0 Å². The topological polar surface area (TPSA) is 108 Å². The molecular weight excluding hydrogens is 360 g/mol.